The summed E-state index contributed by atoms with van der Waals surface area (Å²) in [6.07, 6.45) is 1.81. The average Bonchev–Trinajstić information content (AvgIpc) is 3.38. The van der Waals surface area contributed by atoms with Crippen LogP contribution >= 0.6 is 11.3 Å². The first kappa shape index (κ1) is 28.9. The smallest absolute Gasteiger partial charge is 0.338 e. The Morgan fingerprint density at radius 2 is 1.59 bits per heavy atom. The van der Waals surface area contributed by atoms with Gasteiger partial charge in [-0.05, 0) is 41.8 Å². The Morgan fingerprint density at radius 1 is 0.909 bits per heavy atom. The highest BCUT2D eigenvalue weighted by atomic mass is 32.1. The summed E-state index contributed by atoms with van der Waals surface area (Å²) in [5.74, 6) is 0.653. The van der Waals surface area contributed by atoms with E-state index >= 15 is 0 Å². The monoisotopic (exact) mass is 602 g/mol. The zero-order valence-electron chi connectivity index (χ0n) is 24.3. The highest BCUT2D eigenvalue weighted by Crippen LogP contribution is 2.35. The van der Waals surface area contributed by atoms with Crippen LogP contribution in [0.3, 0.4) is 0 Å². The van der Waals surface area contributed by atoms with Gasteiger partial charge in [0.15, 0.2) is 16.3 Å². The van der Waals surface area contributed by atoms with E-state index in [1.165, 1.54) is 11.3 Å². The van der Waals surface area contributed by atoms with Gasteiger partial charge in [-0.1, -0.05) is 108 Å². The maximum atomic E-state index is 14.1. The van der Waals surface area contributed by atoms with Crippen LogP contribution in [0.1, 0.15) is 35.2 Å². The van der Waals surface area contributed by atoms with E-state index in [0.29, 0.717) is 38.7 Å². The zero-order chi connectivity index (χ0) is 30.5. The van der Waals surface area contributed by atoms with Crippen molar-refractivity contribution in [3.05, 3.63) is 157 Å². The molecule has 0 amide bonds. The molecular formula is C36H30N2O5S. The van der Waals surface area contributed by atoms with Gasteiger partial charge in [0.2, 0.25) is 0 Å². The Bertz CT molecular complexity index is 2000. The van der Waals surface area contributed by atoms with Crippen LogP contribution in [0.4, 0.5) is 0 Å². The van der Waals surface area contributed by atoms with Crippen molar-refractivity contribution in [3.63, 3.8) is 0 Å². The van der Waals surface area contributed by atoms with Crippen LogP contribution in [-0.2, 0) is 16.1 Å². The predicted octanol–water partition coefficient (Wildman–Crippen LogP) is 5.52. The predicted molar refractivity (Wildman–Crippen MR) is 171 cm³/mol. The molecule has 0 saturated carbocycles. The number of hydrogen-bond acceptors (Lipinski definition) is 7. The molecule has 1 aromatic heterocycles. The van der Waals surface area contributed by atoms with Gasteiger partial charge < -0.3 is 14.2 Å². The van der Waals surface area contributed by atoms with Gasteiger partial charge in [-0.25, -0.2) is 9.79 Å². The van der Waals surface area contributed by atoms with Crippen LogP contribution in [0.5, 0.6) is 11.5 Å². The van der Waals surface area contributed by atoms with Crippen molar-refractivity contribution >= 4 is 29.1 Å². The minimum Gasteiger partial charge on any atom is -0.493 e. The number of fused-ring (bicyclic) bond motifs is 1. The molecule has 0 N–H and O–H groups in total. The third-order valence-corrected chi connectivity index (χ3v) is 8.19. The lowest BCUT2D eigenvalue weighted by Gasteiger charge is -2.25. The van der Waals surface area contributed by atoms with Crippen molar-refractivity contribution in [2.45, 2.75) is 19.6 Å². The highest BCUT2D eigenvalue weighted by Gasteiger charge is 2.35. The zero-order valence-corrected chi connectivity index (χ0v) is 25.1. The molecule has 8 heteroatoms. The molecule has 0 saturated heterocycles. The lowest BCUT2D eigenvalue weighted by molar-refractivity contribution is -0.138. The van der Waals surface area contributed by atoms with E-state index in [1.807, 2.05) is 115 Å². The lowest BCUT2D eigenvalue weighted by atomic mass is 9.93. The Labute approximate surface area is 258 Å². The minimum absolute atomic E-state index is 0.198. The van der Waals surface area contributed by atoms with E-state index in [-0.39, 0.29) is 12.2 Å². The first-order valence-electron chi connectivity index (χ1n) is 14.3. The second kappa shape index (κ2) is 13.0. The van der Waals surface area contributed by atoms with Crippen LogP contribution in [0.2, 0.25) is 0 Å². The highest BCUT2D eigenvalue weighted by molar-refractivity contribution is 7.07. The second-order valence-corrected chi connectivity index (χ2v) is 11.0. The summed E-state index contributed by atoms with van der Waals surface area (Å²) < 4.78 is 19.2. The second-order valence-electron chi connectivity index (χ2n) is 10.0. The molecule has 4 aromatic carbocycles. The van der Waals surface area contributed by atoms with Gasteiger partial charge in [0, 0.05) is 5.56 Å². The fourth-order valence-corrected chi connectivity index (χ4v) is 6.17. The molecule has 1 atom stereocenters. The largest absolute Gasteiger partial charge is 0.493 e. The summed E-state index contributed by atoms with van der Waals surface area (Å²) in [6.45, 7) is 2.37. The van der Waals surface area contributed by atoms with Crippen LogP contribution in [0.15, 0.2) is 125 Å². The Balaban J connectivity index is 1.47. The van der Waals surface area contributed by atoms with Crippen molar-refractivity contribution in [1.82, 2.24) is 4.57 Å². The van der Waals surface area contributed by atoms with Crippen molar-refractivity contribution in [3.8, 4) is 11.5 Å². The number of thiazole rings is 1. The van der Waals surface area contributed by atoms with Crippen molar-refractivity contribution in [2.75, 3.05) is 13.7 Å². The summed E-state index contributed by atoms with van der Waals surface area (Å²) in [4.78, 5) is 33.0. The Hall–Kier alpha value is -5.21. The Morgan fingerprint density at radius 3 is 2.27 bits per heavy atom. The quantitative estimate of drug-likeness (QED) is 0.208. The van der Waals surface area contributed by atoms with Crippen LogP contribution < -0.4 is 24.4 Å². The molecule has 0 fully saturated rings. The molecule has 7 nitrogen and oxygen atoms in total. The summed E-state index contributed by atoms with van der Waals surface area (Å²) in [5.41, 5.74) is 3.93. The number of methoxy groups -OCH3 is 1. The topological polar surface area (TPSA) is 79.1 Å². The number of carbonyl (C=O) groups is 1. The molecule has 0 radical (unpaired) electrons. The molecule has 0 unspecified atom stereocenters. The number of rotatable bonds is 9. The van der Waals surface area contributed by atoms with Gasteiger partial charge in [0.25, 0.3) is 5.56 Å². The van der Waals surface area contributed by atoms with Gasteiger partial charge in [-0.15, -0.1) is 0 Å². The normalized spacial score (nSPS) is 14.5. The Kier molecular flexibility index (Phi) is 8.52. The first-order chi connectivity index (χ1) is 21.6. The number of carbonyl (C=O) groups excluding carboxylic acids is 1. The van der Waals surface area contributed by atoms with Crippen molar-refractivity contribution in [2.24, 2.45) is 4.99 Å². The van der Waals surface area contributed by atoms with E-state index in [9.17, 15) is 9.59 Å². The van der Waals surface area contributed by atoms with Gasteiger partial charge in [0.05, 0.1) is 35.6 Å². The summed E-state index contributed by atoms with van der Waals surface area (Å²) in [7, 11) is 1.59. The molecule has 5 aromatic rings. The van der Waals surface area contributed by atoms with E-state index in [4.69, 9.17) is 19.2 Å². The number of aromatic nitrogens is 1. The molecular weight excluding hydrogens is 572 g/mol. The molecule has 6 rings (SSSR count). The number of nitrogens with zero attached hydrogens (tertiary/aromatic N) is 2. The molecule has 1 aliphatic rings. The van der Waals surface area contributed by atoms with Crippen molar-refractivity contribution in [1.29, 1.82) is 0 Å². The third kappa shape index (κ3) is 5.85. The summed E-state index contributed by atoms with van der Waals surface area (Å²) in [5, 5.41) is 0. The number of benzene rings is 4. The van der Waals surface area contributed by atoms with E-state index < -0.39 is 12.0 Å². The molecule has 1 aliphatic heterocycles. The summed E-state index contributed by atoms with van der Waals surface area (Å²) >= 11 is 1.28. The minimum atomic E-state index is -0.716. The number of esters is 1. The summed E-state index contributed by atoms with van der Waals surface area (Å²) in [6, 6.07) is 33.8. The van der Waals surface area contributed by atoms with E-state index in [0.717, 1.165) is 22.3 Å². The molecule has 44 heavy (non-hydrogen) atoms. The van der Waals surface area contributed by atoms with Crippen LogP contribution in [0, 0.1) is 0 Å². The van der Waals surface area contributed by atoms with Crippen LogP contribution in [0.25, 0.3) is 11.8 Å². The molecule has 220 valence electrons. The standard InChI is InChI=1S/C36H30N2O5S/c1-3-42-35(40)31-32(26-15-9-5-10-16-26)37-36-38(33(31)27-17-11-6-12-18-27)34(39)30(44-36)22-25-19-20-28(29(21-25)41-2)43-23-24-13-7-4-8-14-24/h4-22,33H,3,23H2,1-2H3/b30-22-/t33-/m1/s1. The van der Waals surface area contributed by atoms with E-state index in [1.54, 1.807) is 18.6 Å². The molecule has 0 bridgehead atoms. The fraction of sp³-hybridized carbons (Fsp3) is 0.139. The molecule has 2 heterocycles. The molecule has 0 aliphatic carbocycles. The third-order valence-electron chi connectivity index (χ3n) is 7.21. The SMILES string of the molecule is CCOC(=O)C1=C(c2ccccc2)N=c2s/c(=C\c3ccc(OCc4ccccc4)c(OC)c3)c(=O)n2[C@@H]1c1ccccc1. The van der Waals surface area contributed by atoms with Crippen molar-refractivity contribution < 1.29 is 19.0 Å². The lowest BCUT2D eigenvalue weighted by Crippen LogP contribution is -2.39. The maximum absolute atomic E-state index is 14.1. The fourth-order valence-electron chi connectivity index (χ4n) is 5.17. The first-order valence-corrected chi connectivity index (χ1v) is 15.1. The van der Waals surface area contributed by atoms with Gasteiger partial charge in [-0.3, -0.25) is 9.36 Å². The van der Waals surface area contributed by atoms with Gasteiger partial charge in [0.1, 0.15) is 6.61 Å². The van der Waals surface area contributed by atoms with Crippen LogP contribution in [-0.4, -0.2) is 24.3 Å². The maximum Gasteiger partial charge on any atom is 0.338 e. The van der Waals surface area contributed by atoms with E-state index in [2.05, 4.69) is 0 Å². The number of ether oxygens (including phenoxy) is 3. The van der Waals surface area contributed by atoms with Gasteiger partial charge >= 0.3 is 5.97 Å². The number of hydrogen-bond donors (Lipinski definition) is 0. The average molecular weight is 603 g/mol. The van der Waals surface area contributed by atoms with Gasteiger partial charge in [-0.2, -0.15) is 0 Å². The molecule has 0 spiro atoms.